The average molecular weight is 442 g/mol. The largest absolute Gasteiger partial charge is 0.456 e. The molecule has 0 spiro atoms. The summed E-state index contributed by atoms with van der Waals surface area (Å²) in [4.78, 5) is 47.6. The fraction of sp³-hybridized carbons (Fsp3) is 0.263. The van der Waals surface area contributed by atoms with Crippen molar-refractivity contribution in [3.63, 3.8) is 0 Å². The van der Waals surface area contributed by atoms with Crippen molar-refractivity contribution in [1.82, 2.24) is 10.6 Å². The molecule has 0 atom stereocenters. The van der Waals surface area contributed by atoms with Crippen LogP contribution in [0.4, 0.5) is 13.2 Å². The van der Waals surface area contributed by atoms with Crippen molar-refractivity contribution in [3.05, 3.63) is 57.3 Å². The second-order valence-electron chi connectivity index (χ2n) is 6.02. The lowest BCUT2D eigenvalue weighted by atomic mass is 10.1. The lowest BCUT2D eigenvalue weighted by molar-refractivity contribution is -0.141. The number of benzene rings is 1. The zero-order chi connectivity index (χ0) is 22.3. The number of esters is 1. The van der Waals surface area contributed by atoms with Crippen LogP contribution in [0.5, 0.6) is 0 Å². The Morgan fingerprint density at radius 1 is 1.00 bits per heavy atom. The maximum Gasteiger partial charge on any atom is 0.416 e. The van der Waals surface area contributed by atoms with Gasteiger partial charge in [0.15, 0.2) is 6.61 Å². The van der Waals surface area contributed by atoms with Gasteiger partial charge in [0.05, 0.1) is 17.0 Å². The number of carbonyl (C=O) groups is 4. The molecule has 7 nitrogen and oxygen atoms in total. The number of Topliss-reactive ketones (excluding diaryl/α,β-unsaturated/α-hetero) is 1. The molecule has 30 heavy (non-hydrogen) atoms. The van der Waals surface area contributed by atoms with Crippen molar-refractivity contribution in [2.75, 3.05) is 13.2 Å². The highest BCUT2D eigenvalue weighted by atomic mass is 32.1. The van der Waals surface area contributed by atoms with Gasteiger partial charge in [-0.05, 0) is 36.4 Å². The molecule has 0 aliphatic rings. The second-order valence-corrected chi connectivity index (χ2v) is 7.19. The Labute approximate surface area is 173 Å². The minimum Gasteiger partial charge on any atom is -0.456 e. The molecule has 11 heteroatoms. The van der Waals surface area contributed by atoms with Gasteiger partial charge < -0.3 is 15.4 Å². The predicted octanol–water partition coefficient (Wildman–Crippen LogP) is 2.56. The smallest absolute Gasteiger partial charge is 0.416 e. The Balaban J connectivity index is 1.77. The van der Waals surface area contributed by atoms with Gasteiger partial charge in [-0.25, -0.2) is 0 Å². The van der Waals surface area contributed by atoms with Gasteiger partial charge in [0.25, 0.3) is 5.91 Å². The fourth-order valence-electron chi connectivity index (χ4n) is 2.17. The molecular formula is C19H17F3N2O5S. The third-order valence-corrected chi connectivity index (χ3v) is 4.81. The topological polar surface area (TPSA) is 102 Å². The van der Waals surface area contributed by atoms with Crippen LogP contribution in [0, 0.1) is 0 Å². The quantitative estimate of drug-likeness (QED) is 0.483. The Hall–Kier alpha value is -3.21. The molecule has 2 N–H and O–H groups in total. The summed E-state index contributed by atoms with van der Waals surface area (Å²) in [7, 11) is 0. The maximum absolute atomic E-state index is 12.5. The van der Waals surface area contributed by atoms with Crippen LogP contribution >= 0.6 is 11.3 Å². The highest BCUT2D eigenvalue weighted by Crippen LogP contribution is 2.29. The van der Waals surface area contributed by atoms with Gasteiger partial charge >= 0.3 is 12.1 Å². The van der Waals surface area contributed by atoms with Crippen molar-refractivity contribution in [2.45, 2.75) is 19.6 Å². The lowest BCUT2D eigenvalue weighted by Gasteiger charge is -2.08. The van der Waals surface area contributed by atoms with E-state index in [2.05, 4.69) is 10.6 Å². The van der Waals surface area contributed by atoms with Gasteiger partial charge in [0.1, 0.15) is 6.54 Å². The molecule has 2 aromatic rings. The minimum atomic E-state index is -4.52. The molecule has 0 radical (unpaired) electrons. The van der Waals surface area contributed by atoms with E-state index in [4.69, 9.17) is 4.74 Å². The molecule has 160 valence electrons. The molecule has 0 saturated carbocycles. The van der Waals surface area contributed by atoms with E-state index in [0.29, 0.717) is 4.88 Å². The molecule has 0 aliphatic heterocycles. The van der Waals surface area contributed by atoms with Gasteiger partial charge in [-0.3, -0.25) is 19.2 Å². The molecule has 0 unspecified atom stereocenters. The van der Waals surface area contributed by atoms with Crippen LogP contribution in [-0.4, -0.2) is 36.7 Å². The predicted molar refractivity (Wildman–Crippen MR) is 101 cm³/mol. The summed E-state index contributed by atoms with van der Waals surface area (Å²) < 4.78 is 42.3. The summed E-state index contributed by atoms with van der Waals surface area (Å²) in [5.41, 5.74) is -0.956. The summed E-state index contributed by atoms with van der Waals surface area (Å²) in [6.07, 6.45) is -4.52. The number of thiophene rings is 1. The molecular weight excluding hydrogens is 425 g/mol. The molecule has 0 saturated heterocycles. The highest BCUT2D eigenvalue weighted by Gasteiger charge is 2.30. The summed E-state index contributed by atoms with van der Waals surface area (Å²) in [5, 5.41) is 4.80. The van der Waals surface area contributed by atoms with Gasteiger partial charge in [0, 0.05) is 17.4 Å². The third kappa shape index (κ3) is 6.99. The Bertz CT molecular complexity index is 938. The number of amides is 2. The number of carbonyl (C=O) groups excluding carboxylic acids is 4. The molecule has 1 heterocycles. The van der Waals surface area contributed by atoms with E-state index in [1.165, 1.54) is 6.92 Å². The fourth-order valence-corrected chi connectivity index (χ4v) is 3.04. The van der Waals surface area contributed by atoms with Crippen molar-refractivity contribution < 1.29 is 37.1 Å². The number of hydrogen-bond acceptors (Lipinski definition) is 6. The summed E-state index contributed by atoms with van der Waals surface area (Å²) in [5.74, 6) is -2.29. The summed E-state index contributed by atoms with van der Waals surface area (Å²) >= 11 is 1.15. The number of halogens is 3. The van der Waals surface area contributed by atoms with Crippen LogP contribution in [0.3, 0.4) is 0 Å². The first-order valence-electron chi connectivity index (χ1n) is 8.53. The normalized spacial score (nSPS) is 10.9. The van der Waals surface area contributed by atoms with E-state index in [1.54, 1.807) is 12.1 Å². The molecule has 2 rings (SSSR count). The van der Waals surface area contributed by atoms with Crippen LogP contribution in [-0.2, 0) is 27.0 Å². The number of ether oxygens (including phenoxy) is 1. The number of nitrogens with one attached hydrogen (secondary N) is 2. The first-order valence-corrected chi connectivity index (χ1v) is 9.35. The van der Waals surface area contributed by atoms with Crippen LogP contribution in [0.1, 0.15) is 37.4 Å². The molecule has 0 bridgehead atoms. The van der Waals surface area contributed by atoms with Gasteiger partial charge in [-0.2, -0.15) is 13.2 Å². The van der Waals surface area contributed by atoms with E-state index in [1.807, 2.05) is 0 Å². The van der Waals surface area contributed by atoms with Crippen molar-refractivity contribution in [1.29, 1.82) is 0 Å². The standard InChI is InChI=1S/C19H17F3N2O5S/c1-11(25)23-8-14-6-7-16(30-14)15(26)10-29-17(27)9-24-18(28)12-2-4-13(5-3-12)19(20,21)22/h2-7H,8-10H2,1H3,(H,23,25)(H,24,28). The van der Waals surface area contributed by atoms with Crippen LogP contribution in [0.25, 0.3) is 0 Å². The summed E-state index contributed by atoms with van der Waals surface area (Å²) in [6, 6.07) is 6.70. The zero-order valence-electron chi connectivity index (χ0n) is 15.7. The van der Waals surface area contributed by atoms with E-state index >= 15 is 0 Å². The third-order valence-electron chi connectivity index (χ3n) is 3.68. The first kappa shape index (κ1) is 23.1. The van der Waals surface area contributed by atoms with Crippen LogP contribution in [0.15, 0.2) is 36.4 Å². The molecule has 2 amide bonds. The first-order chi connectivity index (χ1) is 14.1. The number of ketones is 1. The Kier molecular flexibility index (Phi) is 7.70. The maximum atomic E-state index is 12.5. The number of hydrogen-bond donors (Lipinski definition) is 2. The van der Waals surface area contributed by atoms with E-state index in [0.717, 1.165) is 40.5 Å². The molecule has 0 fully saturated rings. The van der Waals surface area contributed by atoms with Gasteiger partial charge in [0.2, 0.25) is 11.7 Å². The Morgan fingerprint density at radius 3 is 2.27 bits per heavy atom. The monoisotopic (exact) mass is 442 g/mol. The second kappa shape index (κ2) is 10.0. The Morgan fingerprint density at radius 2 is 1.67 bits per heavy atom. The average Bonchev–Trinajstić information content (AvgIpc) is 3.17. The minimum absolute atomic E-state index is 0.0582. The number of alkyl halides is 3. The molecule has 1 aromatic carbocycles. The van der Waals surface area contributed by atoms with Crippen molar-refractivity contribution in [2.24, 2.45) is 0 Å². The van der Waals surface area contributed by atoms with E-state index in [9.17, 15) is 32.3 Å². The summed E-state index contributed by atoms with van der Waals surface area (Å²) in [6.45, 7) is 0.568. The SMILES string of the molecule is CC(=O)NCc1ccc(C(=O)COC(=O)CNC(=O)c2ccc(C(F)(F)F)cc2)s1. The molecule has 0 aliphatic carbocycles. The zero-order valence-corrected chi connectivity index (χ0v) is 16.5. The number of rotatable bonds is 8. The van der Waals surface area contributed by atoms with Gasteiger partial charge in [-0.15, -0.1) is 11.3 Å². The van der Waals surface area contributed by atoms with Crippen LogP contribution in [0.2, 0.25) is 0 Å². The van der Waals surface area contributed by atoms with E-state index in [-0.39, 0.29) is 18.0 Å². The van der Waals surface area contributed by atoms with Crippen LogP contribution < -0.4 is 10.6 Å². The van der Waals surface area contributed by atoms with Crippen molar-refractivity contribution >= 4 is 34.9 Å². The van der Waals surface area contributed by atoms with Gasteiger partial charge in [-0.1, -0.05) is 0 Å². The molecule has 1 aromatic heterocycles. The van der Waals surface area contributed by atoms with E-state index < -0.39 is 42.6 Å². The lowest BCUT2D eigenvalue weighted by Crippen LogP contribution is -2.31. The highest BCUT2D eigenvalue weighted by molar-refractivity contribution is 7.14. The van der Waals surface area contributed by atoms with Crippen molar-refractivity contribution in [3.8, 4) is 0 Å².